The molecule has 0 radical (unpaired) electrons. The van der Waals surface area contributed by atoms with E-state index in [1.165, 1.54) is 34.4 Å². The van der Waals surface area contributed by atoms with E-state index in [1.54, 1.807) is 0 Å². The molecule has 17 heavy (non-hydrogen) atoms. The van der Waals surface area contributed by atoms with Crippen molar-refractivity contribution in [1.82, 2.24) is 0 Å². The second kappa shape index (κ2) is 9.25. The third-order valence-corrected chi connectivity index (χ3v) is 13.0. The van der Waals surface area contributed by atoms with Crippen LogP contribution in [0.3, 0.4) is 0 Å². The predicted molar refractivity (Wildman–Crippen MR) is 75.9 cm³/mol. The van der Waals surface area contributed by atoms with Crippen molar-refractivity contribution in [3.8, 4) is 0 Å². The fourth-order valence-corrected chi connectivity index (χ4v) is 10.5. The van der Waals surface area contributed by atoms with Gasteiger partial charge in [-0.2, -0.15) is 0 Å². The Labute approximate surface area is 114 Å². The van der Waals surface area contributed by atoms with Crippen LogP contribution in [0, 0.1) is 0 Å². The summed E-state index contributed by atoms with van der Waals surface area (Å²) in [6.07, 6.45) is 5.06. The summed E-state index contributed by atoms with van der Waals surface area (Å²) >= 11 is -1.52. The van der Waals surface area contributed by atoms with Crippen molar-refractivity contribution >= 4 is 26.2 Å². The van der Waals surface area contributed by atoms with Gasteiger partial charge in [-0.25, -0.2) is 0 Å². The van der Waals surface area contributed by atoms with E-state index in [2.05, 4.69) is 27.7 Å². The van der Waals surface area contributed by atoms with Gasteiger partial charge < -0.3 is 0 Å². The summed E-state index contributed by atoms with van der Waals surface area (Å²) in [4.78, 5) is 12.1. The van der Waals surface area contributed by atoms with Crippen molar-refractivity contribution in [1.29, 1.82) is 0 Å². The predicted octanol–water partition coefficient (Wildman–Crippen LogP) is 4.42. The van der Waals surface area contributed by atoms with Crippen molar-refractivity contribution in [2.75, 3.05) is 6.61 Å². The summed E-state index contributed by atoms with van der Waals surface area (Å²) in [7, 11) is 0. The second-order valence-electron chi connectivity index (χ2n) is 4.97. The zero-order valence-electron chi connectivity index (χ0n) is 12.2. The van der Waals surface area contributed by atoms with Crippen LogP contribution < -0.4 is 0 Å². The van der Waals surface area contributed by atoms with Gasteiger partial charge in [0.2, 0.25) is 0 Å². The third kappa shape index (κ3) is 6.13. The van der Waals surface area contributed by atoms with Crippen LogP contribution in [0.25, 0.3) is 0 Å². The van der Waals surface area contributed by atoms with Crippen molar-refractivity contribution in [3.05, 3.63) is 0 Å². The van der Waals surface area contributed by atoms with Crippen LogP contribution in [0.4, 0.5) is 0 Å². The van der Waals surface area contributed by atoms with Crippen molar-refractivity contribution in [2.45, 2.75) is 72.4 Å². The van der Waals surface area contributed by atoms with Gasteiger partial charge in [-0.3, -0.25) is 0 Å². The van der Waals surface area contributed by atoms with Gasteiger partial charge in [0, 0.05) is 0 Å². The molecule has 0 aromatic heterocycles. The molecule has 0 aliphatic carbocycles. The molecule has 0 amide bonds. The molecule has 0 saturated carbocycles. The quantitative estimate of drug-likeness (QED) is 0.454. The number of unbranched alkanes of at least 4 members (excludes halogenated alkanes) is 2. The van der Waals surface area contributed by atoms with Crippen LogP contribution >= 0.6 is 0 Å². The molecule has 0 atom stereocenters. The Balaban J connectivity index is 4.55. The fourth-order valence-electron chi connectivity index (χ4n) is 1.81. The van der Waals surface area contributed by atoms with Gasteiger partial charge >= 0.3 is 115 Å². The Bertz CT molecular complexity index is 206. The molecule has 0 unspecified atom stereocenters. The number of rotatable bonds is 9. The summed E-state index contributed by atoms with van der Waals surface area (Å²) in [5.74, 6) is 0.0511. The number of carbonyl (C=O) groups excluding carboxylic acids is 1. The molecule has 0 spiro atoms. The van der Waals surface area contributed by atoms with E-state index in [-0.39, 0.29) is 9.33 Å². The number of hydrogen-bond acceptors (Lipinski definition) is 2. The summed E-state index contributed by atoms with van der Waals surface area (Å²) in [6.45, 7) is 11.1. The van der Waals surface area contributed by atoms with Gasteiger partial charge in [-0.15, -0.1) is 0 Å². The van der Waals surface area contributed by atoms with Crippen LogP contribution in [-0.2, 0) is 9.53 Å². The van der Waals surface area contributed by atoms with Crippen LogP contribution in [0.2, 0.25) is 12.1 Å². The average Bonchev–Trinajstić information content (AvgIpc) is 2.29. The maximum absolute atomic E-state index is 12.1. The normalized spacial score (nSPS) is 11.9. The van der Waals surface area contributed by atoms with Gasteiger partial charge in [-0.1, -0.05) is 0 Å². The second-order valence-corrected chi connectivity index (χ2v) is 13.8. The Morgan fingerprint density at radius 1 is 1.06 bits per heavy atom. The Morgan fingerprint density at radius 3 is 1.88 bits per heavy atom. The number of carbonyl (C=O) groups is 1. The van der Waals surface area contributed by atoms with Crippen molar-refractivity contribution in [2.24, 2.45) is 0 Å². The Morgan fingerprint density at radius 2 is 1.53 bits per heavy atom. The number of esters is 1. The number of ether oxygens (including phenoxy) is 1. The van der Waals surface area contributed by atoms with E-state index in [9.17, 15) is 4.79 Å². The third-order valence-electron chi connectivity index (χ3n) is 3.13. The molecule has 0 aromatic carbocycles. The summed E-state index contributed by atoms with van der Waals surface area (Å²) in [5.41, 5.74) is 0. The molecule has 0 fully saturated rings. The average molecular weight is 351 g/mol. The molecular weight excluding hydrogens is 322 g/mol. The van der Waals surface area contributed by atoms with E-state index < -0.39 is 20.2 Å². The minimum absolute atomic E-state index is 0.0511. The van der Waals surface area contributed by atoms with Gasteiger partial charge in [-0.05, 0) is 0 Å². The standard InChI is InChI=1S/C6H11O2.2C4H9.Sb/c1-4-8-6(7)5(2)3;2*1-3-4-2;/h4H2,1-3H3;2*1,3-4H2,2H3;. The first-order chi connectivity index (χ1) is 8.00. The molecule has 0 N–H and O–H groups in total. The molecule has 2 nitrogen and oxygen atoms in total. The molecule has 0 aliphatic rings. The SMILES string of the molecule is CCC[CH2][Sb]([CH2]CCC)[C](C)(C)C(=O)OCC. The summed E-state index contributed by atoms with van der Waals surface area (Å²) in [6, 6.07) is 0. The zero-order valence-corrected chi connectivity index (χ0v) is 14.8. The summed E-state index contributed by atoms with van der Waals surface area (Å²) in [5, 5.41) is 0. The maximum atomic E-state index is 12.1. The molecule has 3 heteroatoms. The molecule has 0 heterocycles. The van der Waals surface area contributed by atoms with Crippen molar-refractivity contribution < 1.29 is 9.53 Å². The molecule has 0 aliphatic heterocycles. The van der Waals surface area contributed by atoms with E-state index in [0.717, 1.165) is 0 Å². The molecule has 0 bridgehead atoms. The molecule has 0 rings (SSSR count). The van der Waals surface area contributed by atoms with Gasteiger partial charge in [0.1, 0.15) is 0 Å². The van der Waals surface area contributed by atoms with Crippen molar-refractivity contribution in [3.63, 3.8) is 0 Å². The van der Waals surface area contributed by atoms with Crippen LogP contribution in [0.1, 0.15) is 60.3 Å². The Kier molecular flexibility index (Phi) is 9.41. The molecular formula is C14H29O2Sb. The first kappa shape index (κ1) is 17.3. The van der Waals surface area contributed by atoms with Crippen LogP contribution in [0.15, 0.2) is 0 Å². The first-order valence-corrected chi connectivity index (χ1v) is 11.8. The monoisotopic (exact) mass is 350 g/mol. The van der Waals surface area contributed by atoms with Gasteiger partial charge in [0.25, 0.3) is 0 Å². The molecule has 0 aromatic rings. The van der Waals surface area contributed by atoms with Crippen LogP contribution in [0.5, 0.6) is 0 Å². The minimum atomic E-state index is -1.52. The van der Waals surface area contributed by atoms with E-state index >= 15 is 0 Å². The van der Waals surface area contributed by atoms with E-state index in [0.29, 0.717) is 6.61 Å². The van der Waals surface area contributed by atoms with E-state index in [1.807, 2.05) is 6.92 Å². The summed E-state index contributed by atoms with van der Waals surface area (Å²) < 4.78 is 7.75. The molecule has 0 saturated heterocycles. The first-order valence-electron chi connectivity index (χ1n) is 6.92. The fraction of sp³-hybridized carbons (Fsp3) is 0.929. The topological polar surface area (TPSA) is 26.3 Å². The number of hydrogen-bond donors (Lipinski definition) is 0. The van der Waals surface area contributed by atoms with E-state index in [4.69, 9.17) is 4.74 Å². The van der Waals surface area contributed by atoms with Crippen LogP contribution in [-0.4, -0.2) is 32.8 Å². The zero-order chi connectivity index (χ0) is 13.3. The van der Waals surface area contributed by atoms with Gasteiger partial charge in [0.05, 0.1) is 0 Å². The Hall–Kier alpha value is 0.288. The van der Waals surface area contributed by atoms with Gasteiger partial charge in [0.15, 0.2) is 0 Å². The molecule has 102 valence electrons.